The highest BCUT2D eigenvalue weighted by Gasteiger charge is 2.52. The van der Waals surface area contributed by atoms with E-state index in [0.29, 0.717) is 0 Å². The number of thiophene rings is 1. The van der Waals surface area contributed by atoms with Crippen LogP contribution in [0.2, 0.25) is 0 Å². The van der Waals surface area contributed by atoms with Crippen LogP contribution < -0.4 is 0 Å². The van der Waals surface area contributed by atoms with E-state index in [1.165, 1.54) is 126 Å². The van der Waals surface area contributed by atoms with Gasteiger partial charge in [-0.2, -0.15) is 0 Å². The Balaban J connectivity index is 1.00. The average molecular weight is 893 g/mol. The van der Waals surface area contributed by atoms with Crippen molar-refractivity contribution in [3.05, 3.63) is 300 Å². The van der Waals surface area contributed by atoms with E-state index in [-0.39, 0.29) is 5.92 Å². The average Bonchev–Trinajstić information content (AvgIpc) is 4.05. The Bertz CT molecular complexity index is 3730. The van der Waals surface area contributed by atoms with Gasteiger partial charge >= 0.3 is 0 Å². The first-order valence-corrected chi connectivity index (χ1v) is 24.8. The molecule has 0 radical (unpaired) electrons. The third kappa shape index (κ3) is 6.21. The minimum absolute atomic E-state index is 0.0239. The second kappa shape index (κ2) is 15.9. The molecule has 1 heterocycles. The molecule has 12 aromatic rings. The summed E-state index contributed by atoms with van der Waals surface area (Å²) < 4.78 is 2.63. The fourth-order valence-corrected chi connectivity index (χ4v) is 13.0. The molecule has 1 spiro atoms. The maximum atomic E-state index is 2.53. The van der Waals surface area contributed by atoms with Gasteiger partial charge in [-0.3, -0.25) is 0 Å². The maximum Gasteiger partial charge on any atom is 0.0726 e. The van der Waals surface area contributed by atoms with Crippen molar-refractivity contribution in [2.24, 2.45) is 0 Å². The summed E-state index contributed by atoms with van der Waals surface area (Å²) in [7, 11) is 0. The zero-order chi connectivity index (χ0) is 45.5. The molecular weight excluding hydrogens is 849 g/mol. The third-order valence-corrected chi connectivity index (χ3v) is 16.2. The molecule has 0 nitrogen and oxygen atoms in total. The van der Waals surface area contributed by atoms with Crippen molar-refractivity contribution in [1.82, 2.24) is 0 Å². The molecule has 14 rings (SSSR count). The molecule has 1 aromatic heterocycles. The van der Waals surface area contributed by atoms with Crippen LogP contribution in [0.15, 0.2) is 261 Å². The van der Waals surface area contributed by atoms with Crippen LogP contribution >= 0.6 is 11.3 Å². The summed E-state index contributed by atoms with van der Waals surface area (Å²) in [6.07, 6.45) is 0. The smallest absolute Gasteiger partial charge is 0.0726 e. The fraction of sp³-hybridized carbons (Fsp3) is 0.0294. The summed E-state index contributed by atoms with van der Waals surface area (Å²) in [6.45, 7) is 0. The predicted molar refractivity (Wildman–Crippen MR) is 291 cm³/mol. The van der Waals surface area contributed by atoms with Crippen LogP contribution in [0.3, 0.4) is 0 Å². The molecule has 0 atom stereocenters. The highest BCUT2D eigenvalue weighted by molar-refractivity contribution is 7.26. The standard InChI is InChI=1S/C68H44S/c1-5-15-44(16-6-1)48-25-29-50(30-26-48)65(51-31-27-49(28-32-51)45-17-7-2-8-18-45)54-35-39-63-58(41-54)67-64(69-63)40-38-60-66(67)57-23-13-14-24-59(57)68(60)61-42-52(46-19-9-3-10-20-46)33-36-55(61)56-37-34-53(43-62(56)68)47-21-11-4-12-22-47/h1-43,65H. The van der Waals surface area contributed by atoms with Crippen molar-refractivity contribution in [2.45, 2.75) is 11.3 Å². The molecule has 0 amide bonds. The van der Waals surface area contributed by atoms with Crippen molar-refractivity contribution in [2.75, 3.05) is 0 Å². The monoisotopic (exact) mass is 892 g/mol. The normalized spacial score (nSPS) is 12.9. The lowest BCUT2D eigenvalue weighted by Gasteiger charge is -2.31. The van der Waals surface area contributed by atoms with Crippen LogP contribution in [0.1, 0.15) is 44.9 Å². The van der Waals surface area contributed by atoms with E-state index >= 15 is 0 Å². The molecule has 11 aromatic carbocycles. The molecule has 0 fully saturated rings. The summed E-state index contributed by atoms with van der Waals surface area (Å²) in [5.74, 6) is 0.0239. The van der Waals surface area contributed by atoms with Gasteiger partial charge in [0.25, 0.3) is 0 Å². The zero-order valence-corrected chi connectivity index (χ0v) is 38.6. The minimum atomic E-state index is -0.518. The van der Waals surface area contributed by atoms with Crippen molar-refractivity contribution in [1.29, 1.82) is 0 Å². The summed E-state index contributed by atoms with van der Waals surface area (Å²) in [5.41, 5.74) is 23.9. The molecule has 0 unspecified atom stereocenters. The van der Waals surface area contributed by atoms with Crippen LogP contribution in [0, 0.1) is 0 Å². The second-order valence-electron chi connectivity index (χ2n) is 18.7. The first kappa shape index (κ1) is 39.8. The Kier molecular flexibility index (Phi) is 9.15. The van der Waals surface area contributed by atoms with Crippen molar-refractivity contribution in [3.8, 4) is 66.8 Å². The highest BCUT2D eigenvalue weighted by atomic mass is 32.1. The summed E-state index contributed by atoms with van der Waals surface area (Å²) in [4.78, 5) is 0. The molecule has 0 N–H and O–H groups in total. The van der Waals surface area contributed by atoms with E-state index in [4.69, 9.17) is 0 Å². The van der Waals surface area contributed by atoms with Crippen LogP contribution in [0.25, 0.3) is 86.9 Å². The number of fused-ring (bicyclic) bond motifs is 14. The fourth-order valence-electron chi connectivity index (χ4n) is 11.9. The third-order valence-electron chi connectivity index (χ3n) is 15.1. The summed E-state index contributed by atoms with van der Waals surface area (Å²) in [6, 6.07) is 97.6. The molecule has 0 aliphatic heterocycles. The van der Waals surface area contributed by atoms with Crippen LogP contribution in [0.4, 0.5) is 0 Å². The van der Waals surface area contributed by atoms with Crippen molar-refractivity contribution >= 4 is 31.5 Å². The lowest BCUT2D eigenvalue weighted by Crippen LogP contribution is -2.26. The molecule has 322 valence electrons. The molecule has 1 heteroatoms. The van der Waals surface area contributed by atoms with Gasteiger partial charge in [-0.1, -0.05) is 231 Å². The maximum absolute atomic E-state index is 2.53. The van der Waals surface area contributed by atoms with Gasteiger partial charge < -0.3 is 0 Å². The topological polar surface area (TPSA) is 0 Å². The van der Waals surface area contributed by atoms with Crippen molar-refractivity contribution < 1.29 is 0 Å². The van der Waals surface area contributed by atoms with E-state index in [1.807, 2.05) is 11.3 Å². The molecule has 0 saturated heterocycles. The van der Waals surface area contributed by atoms with Gasteiger partial charge in [-0.05, 0) is 136 Å². The van der Waals surface area contributed by atoms with Gasteiger partial charge in [0.05, 0.1) is 5.41 Å². The predicted octanol–water partition coefficient (Wildman–Crippen LogP) is 18.2. The largest absolute Gasteiger partial charge is 0.135 e. The van der Waals surface area contributed by atoms with E-state index in [9.17, 15) is 0 Å². The van der Waals surface area contributed by atoms with Crippen LogP contribution in [-0.4, -0.2) is 0 Å². The Labute approximate surface area is 407 Å². The van der Waals surface area contributed by atoms with Crippen LogP contribution in [-0.2, 0) is 5.41 Å². The molecule has 0 bridgehead atoms. The number of benzene rings is 11. The molecule has 69 heavy (non-hydrogen) atoms. The molecule has 2 aliphatic rings. The SMILES string of the molecule is c1ccc(-c2ccc(C(c3ccc(-c4ccccc4)cc3)c3ccc4sc5ccc6c(c5c4c3)-c3ccccc3C63c4cc(-c5ccccc5)ccc4-c4ccc(-c5ccccc5)cc43)cc2)cc1. The molecule has 0 saturated carbocycles. The van der Waals surface area contributed by atoms with Crippen LogP contribution in [0.5, 0.6) is 0 Å². The summed E-state index contributed by atoms with van der Waals surface area (Å²) in [5, 5.41) is 2.67. The van der Waals surface area contributed by atoms with E-state index in [0.717, 1.165) is 0 Å². The lowest BCUT2D eigenvalue weighted by atomic mass is 9.70. The van der Waals surface area contributed by atoms with E-state index in [2.05, 4.69) is 261 Å². The second-order valence-corrected chi connectivity index (χ2v) is 19.8. The van der Waals surface area contributed by atoms with Gasteiger partial charge in [0.15, 0.2) is 0 Å². The highest BCUT2D eigenvalue weighted by Crippen LogP contribution is 2.65. The van der Waals surface area contributed by atoms with Gasteiger partial charge in [0.1, 0.15) is 0 Å². The summed E-state index contributed by atoms with van der Waals surface area (Å²) >= 11 is 1.92. The minimum Gasteiger partial charge on any atom is -0.135 e. The van der Waals surface area contributed by atoms with Gasteiger partial charge in [0, 0.05) is 26.1 Å². The first-order chi connectivity index (χ1) is 34.2. The van der Waals surface area contributed by atoms with Crippen molar-refractivity contribution in [3.63, 3.8) is 0 Å². The number of hydrogen-bond donors (Lipinski definition) is 0. The quantitative estimate of drug-likeness (QED) is 0.140. The number of rotatable bonds is 7. The van der Waals surface area contributed by atoms with E-state index in [1.54, 1.807) is 0 Å². The lowest BCUT2D eigenvalue weighted by molar-refractivity contribution is 0.795. The Morgan fingerprint density at radius 2 is 0.696 bits per heavy atom. The van der Waals surface area contributed by atoms with E-state index < -0.39 is 5.41 Å². The van der Waals surface area contributed by atoms with Gasteiger partial charge in [0.2, 0.25) is 0 Å². The Morgan fingerprint density at radius 1 is 0.275 bits per heavy atom. The van der Waals surface area contributed by atoms with Gasteiger partial charge in [-0.25, -0.2) is 0 Å². The Morgan fingerprint density at radius 3 is 1.22 bits per heavy atom. The molecule has 2 aliphatic carbocycles. The zero-order valence-electron chi connectivity index (χ0n) is 37.8. The Hall–Kier alpha value is -8.36. The molecular formula is C68H44S. The van der Waals surface area contributed by atoms with Gasteiger partial charge in [-0.15, -0.1) is 11.3 Å². The number of hydrogen-bond acceptors (Lipinski definition) is 1. The first-order valence-electron chi connectivity index (χ1n) is 24.0.